The Morgan fingerprint density at radius 3 is 2.76 bits per heavy atom. The number of amides is 1. The number of aromatic nitrogens is 2. The van der Waals surface area contributed by atoms with E-state index in [0.717, 1.165) is 17.7 Å². The molecule has 1 aromatic heterocycles. The number of aryl methyl sites for hydroxylation is 1. The van der Waals surface area contributed by atoms with E-state index >= 15 is 0 Å². The third kappa shape index (κ3) is 5.04. The minimum absolute atomic E-state index is 0.0392. The summed E-state index contributed by atoms with van der Waals surface area (Å²) >= 11 is 0. The van der Waals surface area contributed by atoms with Crippen LogP contribution in [0.2, 0.25) is 0 Å². The van der Waals surface area contributed by atoms with Gasteiger partial charge in [0.1, 0.15) is 0 Å². The minimum atomic E-state index is -0.0901. The summed E-state index contributed by atoms with van der Waals surface area (Å²) < 4.78 is 1.76. The highest BCUT2D eigenvalue weighted by Crippen LogP contribution is 2.14. The molecule has 2 rings (SSSR count). The SMILES string of the molecule is Cn1ccc(CCNC(=O)CCC(N)c2ccccc2)n1. The van der Waals surface area contributed by atoms with Crippen molar-refractivity contribution in [1.29, 1.82) is 0 Å². The Balaban J connectivity index is 1.65. The molecule has 0 aliphatic carbocycles. The first-order valence-corrected chi connectivity index (χ1v) is 7.21. The Morgan fingerprint density at radius 1 is 1.33 bits per heavy atom. The lowest BCUT2D eigenvalue weighted by molar-refractivity contribution is -0.121. The van der Waals surface area contributed by atoms with Crippen molar-refractivity contribution in [1.82, 2.24) is 15.1 Å². The van der Waals surface area contributed by atoms with E-state index in [1.165, 1.54) is 0 Å². The molecule has 1 atom stereocenters. The van der Waals surface area contributed by atoms with Crippen molar-refractivity contribution in [3.05, 3.63) is 53.9 Å². The first-order chi connectivity index (χ1) is 10.1. The Bertz CT molecular complexity index is 565. The van der Waals surface area contributed by atoms with E-state index in [4.69, 9.17) is 5.73 Å². The fourth-order valence-electron chi connectivity index (χ4n) is 2.17. The Kier molecular flexibility index (Phi) is 5.51. The average molecular weight is 286 g/mol. The zero-order chi connectivity index (χ0) is 15.1. The molecule has 0 aliphatic rings. The molecule has 21 heavy (non-hydrogen) atoms. The van der Waals surface area contributed by atoms with Crippen LogP contribution >= 0.6 is 0 Å². The normalized spacial score (nSPS) is 12.1. The molecule has 1 heterocycles. The number of benzene rings is 1. The van der Waals surface area contributed by atoms with E-state index in [2.05, 4.69) is 10.4 Å². The van der Waals surface area contributed by atoms with E-state index in [0.29, 0.717) is 19.4 Å². The van der Waals surface area contributed by atoms with Crippen LogP contribution in [0.3, 0.4) is 0 Å². The number of hydrogen-bond donors (Lipinski definition) is 2. The van der Waals surface area contributed by atoms with Crippen molar-refractivity contribution >= 4 is 5.91 Å². The minimum Gasteiger partial charge on any atom is -0.356 e. The van der Waals surface area contributed by atoms with Crippen LogP contribution in [0, 0.1) is 0 Å². The predicted octanol–water partition coefficient (Wildman–Crippen LogP) is 1.56. The summed E-state index contributed by atoms with van der Waals surface area (Å²) in [6, 6.07) is 11.7. The highest BCUT2D eigenvalue weighted by atomic mass is 16.1. The van der Waals surface area contributed by atoms with Gasteiger partial charge in [0, 0.05) is 38.7 Å². The maximum atomic E-state index is 11.8. The highest BCUT2D eigenvalue weighted by Gasteiger charge is 2.08. The van der Waals surface area contributed by atoms with Gasteiger partial charge >= 0.3 is 0 Å². The first-order valence-electron chi connectivity index (χ1n) is 7.21. The topological polar surface area (TPSA) is 72.9 Å². The van der Waals surface area contributed by atoms with E-state index in [1.807, 2.05) is 49.6 Å². The van der Waals surface area contributed by atoms with Crippen molar-refractivity contribution in [3.8, 4) is 0 Å². The first kappa shape index (κ1) is 15.3. The van der Waals surface area contributed by atoms with Gasteiger partial charge in [-0.3, -0.25) is 9.48 Å². The van der Waals surface area contributed by atoms with Crippen LogP contribution < -0.4 is 11.1 Å². The number of hydrogen-bond acceptors (Lipinski definition) is 3. The van der Waals surface area contributed by atoms with Crippen molar-refractivity contribution in [2.45, 2.75) is 25.3 Å². The average Bonchev–Trinajstić information content (AvgIpc) is 2.91. The van der Waals surface area contributed by atoms with Crippen LogP contribution in [0.4, 0.5) is 0 Å². The van der Waals surface area contributed by atoms with Gasteiger partial charge in [-0.05, 0) is 18.1 Å². The second-order valence-electron chi connectivity index (χ2n) is 5.14. The molecular weight excluding hydrogens is 264 g/mol. The number of nitrogens with one attached hydrogen (secondary N) is 1. The van der Waals surface area contributed by atoms with Gasteiger partial charge in [0.25, 0.3) is 0 Å². The molecule has 0 saturated carbocycles. The van der Waals surface area contributed by atoms with E-state index in [-0.39, 0.29) is 11.9 Å². The van der Waals surface area contributed by atoms with Crippen molar-refractivity contribution in [3.63, 3.8) is 0 Å². The number of carbonyl (C=O) groups is 1. The van der Waals surface area contributed by atoms with Gasteiger partial charge in [-0.15, -0.1) is 0 Å². The maximum Gasteiger partial charge on any atom is 0.220 e. The molecule has 112 valence electrons. The molecule has 5 heteroatoms. The standard InChI is InChI=1S/C16H22N4O/c1-20-12-10-14(19-20)9-11-18-16(21)8-7-15(17)13-5-3-2-4-6-13/h2-6,10,12,15H,7-9,11,17H2,1H3,(H,18,21). The van der Waals surface area contributed by atoms with Gasteiger partial charge in [-0.2, -0.15) is 5.10 Å². The van der Waals surface area contributed by atoms with Crippen LogP contribution in [-0.2, 0) is 18.3 Å². The van der Waals surface area contributed by atoms with Crippen molar-refractivity contribution in [2.24, 2.45) is 12.8 Å². The third-order valence-corrected chi connectivity index (χ3v) is 3.38. The molecule has 0 saturated heterocycles. The molecule has 1 aromatic carbocycles. The lowest BCUT2D eigenvalue weighted by Crippen LogP contribution is -2.26. The van der Waals surface area contributed by atoms with Crippen LogP contribution in [0.15, 0.2) is 42.6 Å². The van der Waals surface area contributed by atoms with Gasteiger partial charge in [0.15, 0.2) is 0 Å². The zero-order valence-corrected chi connectivity index (χ0v) is 12.3. The van der Waals surface area contributed by atoms with Gasteiger partial charge in [-0.25, -0.2) is 0 Å². The third-order valence-electron chi connectivity index (χ3n) is 3.38. The number of nitrogens with two attached hydrogens (primary N) is 1. The van der Waals surface area contributed by atoms with Gasteiger partial charge in [0.05, 0.1) is 5.69 Å². The fraction of sp³-hybridized carbons (Fsp3) is 0.375. The van der Waals surface area contributed by atoms with E-state index in [9.17, 15) is 4.79 Å². The molecule has 1 unspecified atom stereocenters. The molecule has 0 bridgehead atoms. The number of carbonyl (C=O) groups excluding carboxylic acids is 1. The fourth-order valence-corrected chi connectivity index (χ4v) is 2.17. The lowest BCUT2D eigenvalue weighted by Gasteiger charge is -2.11. The monoisotopic (exact) mass is 286 g/mol. The van der Waals surface area contributed by atoms with E-state index in [1.54, 1.807) is 4.68 Å². The molecule has 2 aromatic rings. The quantitative estimate of drug-likeness (QED) is 0.811. The molecule has 1 amide bonds. The molecule has 0 aliphatic heterocycles. The Morgan fingerprint density at radius 2 is 2.10 bits per heavy atom. The number of nitrogens with zero attached hydrogens (tertiary/aromatic N) is 2. The lowest BCUT2D eigenvalue weighted by atomic mass is 10.0. The smallest absolute Gasteiger partial charge is 0.220 e. The molecule has 0 radical (unpaired) electrons. The van der Waals surface area contributed by atoms with Crippen LogP contribution in [0.5, 0.6) is 0 Å². The summed E-state index contributed by atoms with van der Waals surface area (Å²) in [5.74, 6) is 0.0392. The molecular formula is C16H22N4O. The number of rotatable bonds is 7. The van der Waals surface area contributed by atoms with Crippen molar-refractivity contribution in [2.75, 3.05) is 6.54 Å². The zero-order valence-electron chi connectivity index (χ0n) is 12.3. The van der Waals surface area contributed by atoms with Crippen LogP contribution in [0.25, 0.3) is 0 Å². The second kappa shape index (κ2) is 7.59. The summed E-state index contributed by atoms with van der Waals surface area (Å²) in [6.07, 6.45) is 3.74. The predicted molar refractivity (Wildman–Crippen MR) is 82.5 cm³/mol. The summed E-state index contributed by atoms with van der Waals surface area (Å²) in [4.78, 5) is 11.8. The maximum absolute atomic E-state index is 11.8. The molecule has 0 fully saturated rings. The van der Waals surface area contributed by atoms with Crippen LogP contribution in [0.1, 0.15) is 30.1 Å². The summed E-state index contributed by atoms with van der Waals surface area (Å²) in [5.41, 5.74) is 8.13. The molecule has 3 N–H and O–H groups in total. The van der Waals surface area contributed by atoms with Gasteiger partial charge in [0.2, 0.25) is 5.91 Å². The summed E-state index contributed by atoms with van der Waals surface area (Å²) in [6.45, 7) is 0.608. The van der Waals surface area contributed by atoms with Crippen LogP contribution in [-0.4, -0.2) is 22.2 Å². The Hall–Kier alpha value is -2.14. The highest BCUT2D eigenvalue weighted by molar-refractivity contribution is 5.75. The van der Waals surface area contributed by atoms with Crippen molar-refractivity contribution < 1.29 is 4.79 Å². The second-order valence-corrected chi connectivity index (χ2v) is 5.14. The van der Waals surface area contributed by atoms with Gasteiger partial charge in [-0.1, -0.05) is 30.3 Å². The Labute approximate surface area is 125 Å². The summed E-state index contributed by atoms with van der Waals surface area (Å²) in [5, 5.41) is 7.17. The largest absolute Gasteiger partial charge is 0.356 e. The van der Waals surface area contributed by atoms with E-state index < -0.39 is 0 Å². The van der Waals surface area contributed by atoms with Gasteiger partial charge < -0.3 is 11.1 Å². The molecule has 0 spiro atoms. The molecule has 5 nitrogen and oxygen atoms in total. The summed E-state index contributed by atoms with van der Waals surface area (Å²) in [7, 11) is 1.88.